The zero-order chi connectivity index (χ0) is 10.9. The summed E-state index contributed by atoms with van der Waals surface area (Å²) in [4.78, 5) is 0.0712. The highest BCUT2D eigenvalue weighted by molar-refractivity contribution is 7.89. The Bertz CT molecular complexity index is 435. The van der Waals surface area contributed by atoms with E-state index in [1.54, 1.807) is 20.9 Å². The van der Waals surface area contributed by atoms with E-state index in [4.69, 9.17) is 5.73 Å². The topological polar surface area (TPSA) is 90.0 Å². The molecule has 1 heterocycles. The van der Waals surface area contributed by atoms with Gasteiger partial charge in [0, 0.05) is 13.6 Å². The molecule has 0 aliphatic rings. The Morgan fingerprint density at radius 2 is 2.14 bits per heavy atom. The molecular weight excluding hydrogens is 204 g/mol. The van der Waals surface area contributed by atoms with Crippen LogP contribution in [-0.4, -0.2) is 24.7 Å². The van der Waals surface area contributed by atoms with Crippen molar-refractivity contribution in [2.75, 3.05) is 12.3 Å². The Hall–Kier alpha value is -1.08. The summed E-state index contributed by atoms with van der Waals surface area (Å²) >= 11 is 0. The zero-order valence-corrected chi connectivity index (χ0v) is 9.22. The van der Waals surface area contributed by atoms with E-state index < -0.39 is 10.0 Å². The molecule has 0 fully saturated rings. The van der Waals surface area contributed by atoms with Crippen LogP contribution in [0.25, 0.3) is 0 Å². The summed E-state index contributed by atoms with van der Waals surface area (Å²) in [5.74, 6) is 0.156. The number of nitrogen functional groups attached to an aromatic ring is 1. The van der Waals surface area contributed by atoms with Crippen LogP contribution < -0.4 is 10.5 Å². The van der Waals surface area contributed by atoms with Gasteiger partial charge in [0.1, 0.15) is 10.7 Å². The van der Waals surface area contributed by atoms with E-state index in [0.29, 0.717) is 12.2 Å². The summed E-state index contributed by atoms with van der Waals surface area (Å²) in [5.41, 5.74) is 6.01. The molecule has 1 aromatic rings. The van der Waals surface area contributed by atoms with Gasteiger partial charge in [0.05, 0.1) is 5.69 Å². The second-order valence-corrected chi connectivity index (χ2v) is 4.63. The third-order valence-corrected chi connectivity index (χ3v) is 3.52. The van der Waals surface area contributed by atoms with Crippen LogP contribution in [0.4, 0.5) is 5.82 Å². The molecule has 0 amide bonds. The maximum atomic E-state index is 11.6. The maximum Gasteiger partial charge on any atom is 0.246 e. The Morgan fingerprint density at radius 1 is 1.57 bits per heavy atom. The molecule has 0 unspecified atom stereocenters. The van der Waals surface area contributed by atoms with Gasteiger partial charge in [-0.3, -0.25) is 4.68 Å². The Labute approximate surface area is 83.1 Å². The SMILES string of the molecule is CCNS(=O)(=O)c1c(C)nn(C)c1N. The summed E-state index contributed by atoms with van der Waals surface area (Å²) in [6, 6.07) is 0. The van der Waals surface area contributed by atoms with Gasteiger partial charge < -0.3 is 5.73 Å². The van der Waals surface area contributed by atoms with Crippen LogP contribution >= 0.6 is 0 Å². The standard InChI is InChI=1S/C7H14N4O2S/c1-4-9-14(12,13)6-5(2)10-11(3)7(6)8/h9H,4,8H2,1-3H3. The fourth-order valence-corrected chi connectivity index (χ4v) is 2.61. The quantitative estimate of drug-likeness (QED) is 0.723. The van der Waals surface area contributed by atoms with E-state index >= 15 is 0 Å². The fourth-order valence-electron chi connectivity index (χ4n) is 1.25. The number of rotatable bonds is 3. The highest BCUT2D eigenvalue weighted by atomic mass is 32.2. The van der Waals surface area contributed by atoms with Gasteiger partial charge in [-0.2, -0.15) is 5.10 Å². The van der Waals surface area contributed by atoms with E-state index in [9.17, 15) is 8.42 Å². The van der Waals surface area contributed by atoms with Crippen LogP contribution in [0.15, 0.2) is 4.90 Å². The van der Waals surface area contributed by atoms with Crippen molar-refractivity contribution in [1.82, 2.24) is 14.5 Å². The first kappa shape index (κ1) is 11.0. The molecule has 6 nitrogen and oxygen atoms in total. The number of nitrogens with zero attached hydrogens (tertiary/aromatic N) is 2. The summed E-state index contributed by atoms with van der Waals surface area (Å²) in [6.07, 6.45) is 0. The van der Waals surface area contributed by atoms with Crippen molar-refractivity contribution in [2.45, 2.75) is 18.7 Å². The van der Waals surface area contributed by atoms with Crippen molar-refractivity contribution in [2.24, 2.45) is 7.05 Å². The summed E-state index contributed by atoms with van der Waals surface area (Å²) in [5, 5.41) is 3.93. The summed E-state index contributed by atoms with van der Waals surface area (Å²) < 4.78 is 27.0. The number of aryl methyl sites for hydroxylation is 2. The number of aromatic nitrogens is 2. The third-order valence-electron chi connectivity index (χ3n) is 1.81. The van der Waals surface area contributed by atoms with E-state index in [2.05, 4.69) is 9.82 Å². The Morgan fingerprint density at radius 3 is 2.50 bits per heavy atom. The predicted octanol–water partition coefficient (Wildman–Crippen LogP) is -0.391. The molecular formula is C7H14N4O2S. The first-order valence-corrected chi connectivity index (χ1v) is 5.67. The first-order chi connectivity index (χ1) is 6.40. The van der Waals surface area contributed by atoms with Crippen LogP contribution in [0.3, 0.4) is 0 Å². The molecule has 0 spiro atoms. The number of nitrogens with two attached hydrogens (primary N) is 1. The van der Waals surface area contributed by atoms with Crippen molar-refractivity contribution in [3.63, 3.8) is 0 Å². The molecule has 0 bridgehead atoms. The molecule has 0 aliphatic heterocycles. The van der Waals surface area contributed by atoms with Crippen LogP contribution in [-0.2, 0) is 17.1 Å². The lowest BCUT2D eigenvalue weighted by Crippen LogP contribution is -2.24. The van der Waals surface area contributed by atoms with Crippen LogP contribution in [0.1, 0.15) is 12.6 Å². The van der Waals surface area contributed by atoms with E-state index in [1.165, 1.54) is 4.68 Å². The molecule has 14 heavy (non-hydrogen) atoms. The fraction of sp³-hybridized carbons (Fsp3) is 0.571. The Kier molecular flexibility index (Phi) is 2.81. The monoisotopic (exact) mass is 218 g/mol. The largest absolute Gasteiger partial charge is 0.383 e. The molecule has 7 heteroatoms. The lowest BCUT2D eigenvalue weighted by molar-refractivity contribution is 0.583. The van der Waals surface area contributed by atoms with Gasteiger partial charge in [0.25, 0.3) is 0 Å². The molecule has 0 saturated heterocycles. The molecule has 0 atom stereocenters. The van der Waals surface area contributed by atoms with Crippen molar-refractivity contribution < 1.29 is 8.42 Å². The highest BCUT2D eigenvalue weighted by Crippen LogP contribution is 2.20. The third kappa shape index (κ3) is 1.73. The summed E-state index contributed by atoms with van der Waals surface area (Å²) in [6.45, 7) is 3.65. The van der Waals surface area contributed by atoms with Gasteiger partial charge in [-0.05, 0) is 6.92 Å². The van der Waals surface area contributed by atoms with Gasteiger partial charge in [-0.25, -0.2) is 13.1 Å². The van der Waals surface area contributed by atoms with Crippen LogP contribution in [0.5, 0.6) is 0 Å². The summed E-state index contributed by atoms with van der Waals surface area (Å²) in [7, 11) is -1.90. The van der Waals surface area contributed by atoms with E-state index in [0.717, 1.165) is 0 Å². The minimum atomic E-state index is -3.51. The smallest absolute Gasteiger partial charge is 0.246 e. The first-order valence-electron chi connectivity index (χ1n) is 4.19. The highest BCUT2D eigenvalue weighted by Gasteiger charge is 2.23. The normalized spacial score (nSPS) is 11.9. The van der Waals surface area contributed by atoms with Gasteiger partial charge in [0.15, 0.2) is 0 Å². The molecule has 80 valence electrons. The molecule has 1 aromatic heterocycles. The molecule has 0 radical (unpaired) electrons. The lowest BCUT2D eigenvalue weighted by Gasteiger charge is -2.03. The van der Waals surface area contributed by atoms with E-state index in [1.807, 2.05) is 0 Å². The van der Waals surface area contributed by atoms with Gasteiger partial charge in [-0.1, -0.05) is 6.92 Å². The van der Waals surface area contributed by atoms with Crippen LogP contribution in [0.2, 0.25) is 0 Å². The van der Waals surface area contributed by atoms with Gasteiger partial charge in [-0.15, -0.1) is 0 Å². The van der Waals surface area contributed by atoms with Gasteiger partial charge >= 0.3 is 0 Å². The molecule has 0 saturated carbocycles. The number of hydrogen-bond donors (Lipinski definition) is 2. The lowest BCUT2D eigenvalue weighted by atomic mass is 10.5. The van der Waals surface area contributed by atoms with Crippen molar-refractivity contribution >= 4 is 15.8 Å². The molecule has 1 rings (SSSR count). The minimum absolute atomic E-state index is 0.0712. The average molecular weight is 218 g/mol. The second kappa shape index (κ2) is 3.58. The average Bonchev–Trinajstić information content (AvgIpc) is 2.26. The Balaban J connectivity index is 3.32. The van der Waals surface area contributed by atoms with E-state index in [-0.39, 0.29) is 10.7 Å². The number of hydrogen-bond acceptors (Lipinski definition) is 4. The minimum Gasteiger partial charge on any atom is -0.383 e. The van der Waals surface area contributed by atoms with Crippen molar-refractivity contribution in [1.29, 1.82) is 0 Å². The number of sulfonamides is 1. The van der Waals surface area contributed by atoms with Crippen LogP contribution in [0, 0.1) is 6.92 Å². The molecule has 3 N–H and O–H groups in total. The number of anilines is 1. The zero-order valence-electron chi connectivity index (χ0n) is 8.40. The number of nitrogens with one attached hydrogen (secondary N) is 1. The molecule has 0 aliphatic carbocycles. The maximum absolute atomic E-state index is 11.6. The predicted molar refractivity (Wildman–Crippen MR) is 53.2 cm³/mol. The van der Waals surface area contributed by atoms with Crippen molar-refractivity contribution in [3.05, 3.63) is 5.69 Å². The second-order valence-electron chi connectivity index (χ2n) is 2.92. The molecule has 0 aromatic carbocycles. The van der Waals surface area contributed by atoms with Crippen molar-refractivity contribution in [3.8, 4) is 0 Å². The van der Waals surface area contributed by atoms with Gasteiger partial charge in [0.2, 0.25) is 10.0 Å².